The van der Waals surface area contributed by atoms with Crippen LogP contribution in [0.5, 0.6) is 0 Å². The highest BCUT2D eigenvalue weighted by molar-refractivity contribution is 5.71. The van der Waals surface area contributed by atoms with Crippen molar-refractivity contribution < 1.29 is 42.9 Å². The number of quaternary nitrogens is 1. The van der Waals surface area contributed by atoms with E-state index in [0.717, 1.165) is 103 Å². The average Bonchev–Trinajstić information content (AvgIpc) is 2.92. The Bertz CT molecular complexity index is 2030. The molecule has 0 aromatic carbocycles. The van der Waals surface area contributed by atoms with Crippen LogP contribution >= 0.6 is 0 Å². The van der Waals surface area contributed by atoms with Gasteiger partial charge in [0.15, 0.2) is 6.10 Å². The van der Waals surface area contributed by atoms with Crippen LogP contribution in [0, 0.1) is 0 Å². The quantitative estimate of drug-likeness (QED) is 0.0211. The molecule has 0 heterocycles. The molecule has 1 N–H and O–H groups in total. The van der Waals surface area contributed by atoms with Crippen LogP contribution in [-0.4, -0.2) is 87.4 Å². The van der Waals surface area contributed by atoms with Gasteiger partial charge in [-0.3, -0.25) is 9.59 Å². The highest BCUT2D eigenvalue weighted by Crippen LogP contribution is 2.18. The van der Waals surface area contributed by atoms with Crippen LogP contribution in [0.25, 0.3) is 0 Å². The van der Waals surface area contributed by atoms with Crippen molar-refractivity contribution in [3.63, 3.8) is 0 Å². The van der Waals surface area contributed by atoms with Crippen molar-refractivity contribution in [2.24, 2.45) is 0 Å². The summed E-state index contributed by atoms with van der Waals surface area (Å²) in [5.41, 5.74) is 0. The maximum Gasteiger partial charge on any atom is 0.361 e. The SMILES string of the molecule is CC/C=C\C/C=C\C/C=C\C/C=C\C/C=C\C/C=C\C/C=C\C/C=C\CCCCCCCCCCCCCCCCC(=O)OC(COC(=O)CCCCCCCCCCCCCCCCCC/C=C\C/C=C\C/C=C\CCCCCCC)COC(OCC[N+](C)(C)C)C(=O)O. The second-order valence-corrected chi connectivity index (χ2v) is 27.3. The zero-order valence-electron chi connectivity index (χ0n) is 62.3. The van der Waals surface area contributed by atoms with Crippen molar-refractivity contribution >= 4 is 17.9 Å². The van der Waals surface area contributed by atoms with Crippen molar-refractivity contribution in [3.05, 3.63) is 134 Å². The van der Waals surface area contributed by atoms with Crippen LogP contribution in [0.4, 0.5) is 0 Å². The Hall–Kier alpha value is -4.57. The van der Waals surface area contributed by atoms with Crippen LogP contribution in [0.1, 0.15) is 335 Å². The largest absolute Gasteiger partial charge is 0.477 e. The maximum atomic E-state index is 13.0. The second-order valence-electron chi connectivity index (χ2n) is 27.3. The smallest absolute Gasteiger partial charge is 0.361 e. The molecule has 0 aliphatic rings. The zero-order chi connectivity index (χ0) is 69.0. The molecule has 2 unspecified atom stereocenters. The normalized spacial score (nSPS) is 13.4. The molecule has 9 heteroatoms. The number of hydrogen-bond acceptors (Lipinski definition) is 7. The van der Waals surface area contributed by atoms with Gasteiger partial charge in [-0.1, -0.05) is 340 Å². The summed E-state index contributed by atoms with van der Waals surface area (Å²) in [6, 6.07) is 0. The van der Waals surface area contributed by atoms with Crippen LogP contribution in [0.3, 0.4) is 0 Å². The fourth-order valence-electron chi connectivity index (χ4n) is 10.9. The minimum absolute atomic E-state index is 0.184. The first-order valence-electron chi connectivity index (χ1n) is 39.3. The summed E-state index contributed by atoms with van der Waals surface area (Å²) >= 11 is 0. The van der Waals surface area contributed by atoms with E-state index in [1.165, 1.54) is 199 Å². The molecule has 9 nitrogen and oxygen atoms in total. The number of ether oxygens (including phenoxy) is 4. The van der Waals surface area contributed by atoms with Crippen LogP contribution < -0.4 is 0 Å². The summed E-state index contributed by atoms with van der Waals surface area (Å²) in [6.45, 7) is 4.78. The molecule has 0 radical (unpaired) electrons. The lowest BCUT2D eigenvalue weighted by molar-refractivity contribution is -0.870. The van der Waals surface area contributed by atoms with Gasteiger partial charge in [-0.2, -0.15) is 0 Å². The fourth-order valence-corrected chi connectivity index (χ4v) is 10.9. The second kappa shape index (κ2) is 75.2. The molecular weight excluding hydrogens is 1170 g/mol. The highest BCUT2D eigenvalue weighted by Gasteiger charge is 2.25. The summed E-state index contributed by atoms with van der Waals surface area (Å²) in [7, 11) is 5.98. The molecule has 0 aromatic rings. The van der Waals surface area contributed by atoms with E-state index in [4.69, 9.17) is 18.9 Å². The molecule has 0 aliphatic carbocycles. The number of unbranched alkanes of at least 4 members (excludes halogenated alkanes) is 35. The van der Waals surface area contributed by atoms with Gasteiger partial charge in [-0.25, -0.2) is 4.79 Å². The van der Waals surface area contributed by atoms with Crippen LogP contribution in [-0.2, 0) is 33.3 Å². The standard InChI is InChI=1S/C86H147NO8/c1-6-8-10-12-14-16-18-20-22-24-26-28-30-32-34-36-38-39-40-41-42-43-44-45-47-49-51-53-55-57-59-61-63-65-67-69-71-73-75-77-84(89)95-82(81-94-86(85(90)91)92-79-78-87(3,4)5)80-93-83(88)76-74-72-70-68-66-64-62-60-58-56-54-52-50-48-46-37-35-33-31-29-27-25-23-21-19-17-15-13-11-9-7-2/h8,10,14,16,19-22,25-28,31-34,38-39,41-42,44-45,82,86H,6-7,9,11-13,15,17-18,23-24,29-30,35-37,40,43,46-81H2,1-5H3/p+1/b10-8-,16-14-,21-19-,22-20-,27-25-,28-26-,33-31-,34-32-,39-38-,42-41-,45-44-. The Kier molecular flexibility index (Phi) is 71.6. The number of carbonyl (C=O) groups excluding carboxylic acids is 2. The van der Waals surface area contributed by atoms with Crippen molar-refractivity contribution in [2.45, 2.75) is 347 Å². The molecule has 544 valence electrons. The number of esters is 2. The third-order valence-corrected chi connectivity index (χ3v) is 16.9. The number of hydrogen-bond donors (Lipinski definition) is 1. The fraction of sp³-hybridized carbons (Fsp3) is 0.709. The first-order chi connectivity index (χ1) is 46.6. The van der Waals surface area contributed by atoms with Gasteiger partial charge < -0.3 is 28.5 Å². The number of carboxylic acids is 1. The van der Waals surface area contributed by atoms with Crippen LogP contribution in [0.2, 0.25) is 0 Å². The molecule has 2 atom stereocenters. The van der Waals surface area contributed by atoms with E-state index < -0.39 is 24.3 Å². The van der Waals surface area contributed by atoms with E-state index in [9.17, 15) is 19.5 Å². The van der Waals surface area contributed by atoms with Gasteiger partial charge in [0.25, 0.3) is 6.29 Å². The Labute approximate surface area is 586 Å². The monoisotopic (exact) mass is 1320 g/mol. The Morgan fingerprint density at radius 1 is 0.326 bits per heavy atom. The molecule has 0 amide bonds. The molecule has 0 fully saturated rings. The average molecular weight is 1320 g/mol. The predicted molar refractivity (Wildman–Crippen MR) is 410 cm³/mol. The minimum atomic E-state index is -1.52. The lowest BCUT2D eigenvalue weighted by Crippen LogP contribution is -2.40. The van der Waals surface area contributed by atoms with Gasteiger partial charge in [-0.05, 0) is 116 Å². The molecule has 0 bridgehead atoms. The third kappa shape index (κ3) is 76.7. The van der Waals surface area contributed by atoms with E-state index in [2.05, 4.69) is 148 Å². The van der Waals surface area contributed by atoms with Crippen molar-refractivity contribution in [2.75, 3.05) is 47.5 Å². The topological polar surface area (TPSA) is 108 Å². The third-order valence-electron chi connectivity index (χ3n) is 16.9. The molecule has 0 rings (SSSR count). The first kappa shape index (κ1) is 90.4. The lowest BCUT2D eigenvalue weighted by Gasteiger charge is -2.25. The van der Waals surface area contributed by atoms with Crippen molar-refractivity contribution in [1.29, 1.82) is 0 Å². The summed E-state index contributed by atoms with van der Waals surface area (Å²) in [5.74, 6) is -2.00. The Morgan fingerprint density at radius 3 is 0.895 bits per heavy atom. The number of likely N-dealkylation sites (N-methyl/N-ethyl adjacent to an activating group) is 1. The number of rotatable bonds is 72. The predicted octanol–water partition coefficient (Wildman–Crippen LogP) is 25.3. The molecule has 0 aromatic heterocycles. The van der Waals surface area contributed by atoms with E-state index in [1.54, 1.807) is 0 Å². The maximum absolute atomic E-state index is 13.0. The summed E-state index contributed by atoms with van der Waals surface area (Å²) in [6.07, 6.45) is 106. The summed E-state index contributed by atoms with van der Waals surface area (Å²) in [4.78, 5) is 37.7. The van der Waals surface area contributed by atoms with E-state index in [0.29, 0.717) is 23.9 Å². The van der Waals surface area contributed by atoms with Gasteiger partial charge in [0.2, 0.25) is 0 Å². The number of aliphatic carboxylic acids is 1. The van der Waals surface area contributed by atoms with Gasteiger partial charge in [-0.15, -0.1) is 0 Å². The minimum Gasteiger partial charge on any atom is -0.477 e. The zero-order valence-corrected chi connectivity index (χ0v) is 62.3. The number of carboxylic acid groups (broad SMARTS) is 1. The molecule has 95 heavy (non-hydrogen) atoms. The van der Waals surface area contributed by atoms with Gasteiger partial charge >= 0.3 is 17.9 Å². The van der Waals surface area contributed by atoms with E-state index in [-0.39, 0.29) is 32.2 Å². The molecule has 0 saturated heterocycles. The number of allylic oxidation sites excluding steroid dienone is 22. The van der Waals surface area contributed by atoms with Crippen molar-refractivity contribution in [3.8, 4) is 0 Å². The molecule has 0 saturated carbocycles. The highest BCUT2D eigenvalue weighted by atomic mass is 16.7. The number of nitrogens with zero attached hydrogens (tertiary/aromatic N) is 1. The van der Waals surface area contributed by atoms with Crippen molar-refractivity contribution in [1.82, 2.24) is 0 Å². The number of carbonyl (C=O) groups is 3. The molecule has 0 aliphatic heterocycles. The van der Waals surface area contributed by atoms with E-state index in [1.807, 2.05) is 21.1 Å². The summed E-state index contributed by atoms with van der Waals surface area (Å²) < 4.78 is 23.0. The summed E-state index contributed by atoms with van der Waals surface area (Å²) in [5, 5.41) is 9.77. The van der Waals surface area contributed by atoms with Gasteiger partial charge in [0.1, 0.15) is 13.2 Å². The lowest BCUT2D eigenvalue weighted by atomic mass is 10.0. The van der Waals surface area contributed by atoms with Gasteiger partial charge in [0.05, 0.1) is 34.4 Å². The van der Waals surface area contributed by atoms with Crippen LogP contribution in [0.15, 0.2) is 134 Å². The first-order valence-corrected chi connectivity index (χ1v) is 39.3. The molecular formula is C86H148NO8+. The van der Waals surface area contributed by atoms with E-state index >= 15 is 0 Å². The Morgan fingerprint density at radius 2 is 0.600 bits per heavy atom. The Balaban J connectivity index is 4.07. The molecule has 0 spiro atoms. The van der Waals surface area contributed by atoms with Gasteiger partial charge in [0, 0.05) is 12.8 Å².